The number of nitrogens with one attached hydrogen (secondary N) is 3. The van der Waals surface area contributed by atoms with Gasteiger partial charge in [-0.1, -0.05) is 6.42 Å². The Balaban J connectivity index is 0.00000196. The van der Waals surface area contributed by atoms with Gasteiger partial charge in [0.05, 0.1) is 6.26 Å². The maximum absolute atomic E-state index is 11.4. The number of rotatable bonds is 5. The lowest BCUT2D eigenvalue weighted by molar-refractivity contribution is -0.122. The summed E-state index contributed by atoms with van der Waals surface area (Å²) in [6.07, 6.45) is 9.35. The van der Waals surface area contributed by atoms with Crippen molar-refractivity contribution in [1.82, 2.24) is 16.0 Å². The lowest BCUT2D eigenvalue weighted by Gasteiger charge is -2.29. The van der Waals surface area contributed by atoms with E-state index in [4.69, 9.17) is 9.41 Å². The first-order valence-corrected chi connectivity index (χ1v) is 9.63. The molecule has 2 bridgehead atoms. The number of carbonyl (C=O) groups excluding carboxylic acids is 1. The Bertz CT molecular complexity index is 609. The second-order valence-corrected chi connectivity index (χ2v) is 7.67. The highest BCUT2D eigenvalue weighted by molar-refractivity contribution is 14.0. The third kappa shape index (κ3) is 4.92. The molecule has 7 heteroatoms. The molecule has 1 aromatic rings. The van der Waals surface area contributed by atoms with Gasteiger partial charge >= 0.3 is 0 Å². The number of nitrogens with zero attached hydrogens (tertiary/aromatic N) is 1. The van der Waals surface area contributed by atoms with Gasteiger partial charge in [0, 0.05) is 38.0 Å². The van der Waals surface area contributed by atoms with Crippen LogP contribution in [-0.2, 0) is 11.2 Å². The van der Waals surface area contributed by atoms with Gasteiger partial charge in [-0.15, -0.1) is 24.0 Å². The molecule has 1 aromatic heterocycles. The second kappa shape index (κ2) is 9.10. The van der Waals surface area contributed by atoms with Gasteiger partial charge in [0.15, 0.2) is 5.96 Å². The lowest BCUT2D eigenvalue weighted by atomic mass is 9.95. The van der Waals surface area contributed by atoms with E-state index in [1.165, 1.54) is 25.7 Å². The van der Waals surface area contributed by atoms with E-state index in [0.29, 0.717) is 25.6 Å². The molecule has 26 heavy (non-hydrogen) atoms. The van der Waals surface area contributed by atoms with Crippen molar-refractivity contribution < 1.29 is 9.21 Å². The quantitative estimate of drug-likeness (QED) is 0.350. The Hall–Kier alpha value is -1.25. The summed E-state index contributed by atoms with van der Waals surface area (Å²) in [4.78, 5) is 16.1. The molecule has 4 atom stereocenters. The van der Waals surface area contributed by atoms with E-state index in [9.17, 15) is 4.79 Å². The Morgan fingerprint density at radius 3 is 2.85 bits per heavy atom. The number of piperidine rings is 1. The van der Waals surface area contributed by atoms with Crippen molar-refractivity contribution in [3.63, 3.8) is 0 Å². The van der Waals surface area contributed by atoms with Crippen molar-refractivity contribution in [3.8, 4) is 0 Å². The highest BCUT2D eigenvalue weighted by Crippen LogP contribution is 2.44. The van der Waals surface area contributed by atoms with Crippen molar-refractivity contribution in [2.75, 3.05) is 13.1 Å². The molecule has 3 N–H and O–H groups in total. The van der Waals surface area contributed by atoms with Crippen LogP contribution in [0, 0.1) is 11.8 Å². The van der Waals surface area contributed by atoms with Crippen molar-refractivity contribution in [2.24, 2.45) is 16.8 Å². The fourth-order valence-electron chi connectivity index (χ4n) is 4.51. The zero-order valence-corrected chi connectivity index (χ0v) is 17.4. The molecule has 144 valence electrons. The van der Waals surface area contributed by atoms with Gasteiger partial charge in [0.1, 0.15) is 5.76 Å². The Kier molecular flexibility index (Phi) is 6.83. The number of hydrogen-bond acceptors (Lipinski definition) is 3. The number of amides is 1. The SMILES string of the molecule is I.O=C1CCC(NC(=NCCc2ccco2)NC2CC3CCC2C3)CN1. The fourth-order valence-corrected chi connectivity index (χ4v) is 4.51. The molecule has 0 spiro atoms. The van der Waals surface area contributed by atoms with Crippen LogP contribution in [0.4, 0.5) is 0 Å². The molecule has 4 unspecified atom stereocenters. The first-order chi connectivity index (χ1) is 12.3. The number of aliphatic imine (C=N–C) groups is 1. The van der Waals surface area contributed by atoms with Crippen molar-refractivity contribution in [2.45, 2.75) is 57.0 Å². The van der Waals surface area contributed by atoms with E-state index in [0.717, 1.165) is 36.4 Å². The first kappa shape index (κ1) is 19.5. The number of fused-ring (bicyclic) bond motifs is 2. The molecule has 6 nitrogen and oxygen atoms in total. The summed E-state index contributed by atoms with van der Waals surface area (Å²) in [7, 11) is 0. The van der Waals surface area contributed by atoms with Crippen molar-refractivity contribution >= 4 is 35.8 Å². The summed E-state index contributed by atoms with van der Waals surface area (Å²) in [6.45, 7) is 1.37. The van der Waals surface area contributed by atoms with Crippen LogP contribution < -0.4 is 16.0 Å². The van der Waals surface area contributed by atoms with Crippen LogP contribution in [0.5, 0.6) is 0 Å². The Labute approximate surface area is 172 Å². The van der Waals surface area contributed by atoms with Crippen LogP contribution in [0.25, 0.3) is 0 Å². The number of hydrogen-bond donors (Lipinski definition) is 3. The molecule has 2 saturated carbocycles. The lowest BCUT2D eigenvalue weighted by Crippen LogP contribution is -2.53. The molecule has 4 rings (SSSR count). The van der Waals surface area contributed by atoms with Gasteiger partial charge in [-0.25, -0.2) is 0 Å². The first-order valence-electron chi connectivity index (χ1n) is 9.63. The number of guanidine groups is 1. The van der Waals surface area contributed by atoms with E-state index in [1.54, 1.807) is 6.26 Å². The van der Waals surface area contributed by atoms with Gasteiger partial charge in [0.2, 0.25) is 5.91 Å². The summed E-state index contributed by atoms with van der Waals surface area (Å²) in [6, 6.07) is 4.71. The predicted molar refractivity (Wildman–Crippen MR) is 112 cm³/mol. The highest BCUT2D eigenvalue weighted by atomic mass is 127. The van der Waals surface area contributed by atoms with E-state index in [2.05, 4.69) is 16.0 Å². The molecular weight excluding hydrogens is 443 g/mol. The van der Waals surface area contributed by atoms with E-state index >= 15 is 0 Å². The number of halogens is 1. The minimum absolute atomic E-state index is 0. The normalized spacial score (nSPS) is 30.6. The molecule has 2 aliphatic carbocycles. The summed E-state index contributed by atoms with van der Waals surface area (Å²) >= 11 is 0. The van der Waals surface area contributed by atoms with Crippen LogP contribution in [0.15, 0.2) is 27.8 Å². The maximum atomic E-state index is 11.4. The monoisotopic (exact) mass is 472 g/mol. The van der Waals surface area contributed by atoms with E-state index < -0.39 is 0 Å². The van der Waals surface area contributed by atoms with Gasteiger partial charge in [-0.05, 0) is 49.7 Å². The predicted octanol–water partition coefficient (Wildman–Crippen LogP) is 2.44. The van der Waals surface area contributed by atoms with Crippen molar-refractivity contribution in [3.05, 3.63) is 24.2 Å². The molecule has 1 aliphatic heterocycles. The minimum Gasteiger partial charge on any atom is -0.469 e. The zero-order valence-electron chi connectivity index (χ0n) is 15.1. The number of carbonyl (C=O) groups is 1. The largest absolute Gasteiger partial charge is 0.469 e. The molecule has 3 aliphatic rings. The third-order valence-corrected chi connectivity index (χ3v) is 5.87. The summed E-state index contributed by atoms with van der Waals surface area (Å²) in [5, 5.41) is 10.2. The third-order valence-electron chi connectivity index (χ3n) is 5.87. The average Bonchev–Trinajstić information content (AvgIpc) is 3.35. The maximum Gasteiger partial charge on any atom is 0.220 e. The standard InChI is InChI=1S/C19H28N4O2.HI/c24-18-6-5-15(12-21-18)22-19(20-8-7-16-2-1-9-25-16)23-17-11-13-3-4-14(17)10-13;/h1-2,9,13-15,17H,3-8,10-12H2,(H,21,24)(H2,20,22,23);1H. The average molecular weight is 472 g/mol. The summed E-state index contributed by atoms with van der Waals surface area (Å²) in [5.74, 6) is 3.71. The Morgan fingerprint density at radius 1 is 1.27 bits per heavy atom. The van der Waals surface area contributed by atoms with Crippen LogP contribution in [0.3, 0.4) is 0 Å². The fraction of sp³-hybridized carbons (Fsp3) is 0.684. The molecule has 1 amide bonds. The van der Waals surface area contributed by atoms with Gasteiger partial charge in [0.25, 0.3) is 0 Å². The minimum atomic E-state index is 0. The molecule has 3 fully saturated rings. The smallest absolute Gasteiger partial charge is 0.220 e. The van der Waals surface area contributed by atoms with Crippen LogP contribution in [0.1, 0.15) is 44.3 Å². The van der Waals surface area contributed by atoms with Crippen molar-refractivity contribution in [1.29, 1.82) is 0 Å². The number of furan rings is 1. The molecule has 0 aromatic carbocycles. The summed E-state index contributed by atoms with van der Waals surface area (Å²) in [5.41, 5.74) is 0. The molecule has 0 radical (unpaired) electrons. The topological polar surface area (TPSA) is 78.7 Å². The molecule has 1 saturated heterocycles. The molecule has 2 heterocycles. The van der Waals surface area contributed by atoms with Gasteiger partial charge < -0.3 is 20.4 Å². The van der Waals surface area contributed by atoms with Crippen LogP contribution >= 0.6 is 24.0 Å². The second-order valence-electron chi connectivity index (χ2n) is 7.67. The van der Waals surface area contributed by atoms with Gasteiger partial charge in [-0.2, -0.15) is 0 Å². The molecular formula is C19H29IN4O2. The Morgan fingerprint density at radius 2 is 2.19 bits per heavy atom. The van der Waals surface area contributed by atoms with E-state index in [1.807, 2.05) is 12.1 Å². The van der Waals surface area contributed by atoms with E-state index in [-0.39, 0.29) is 35.9 Å². The van der Waals surface area contributed by atoms with Crippen LogP contribution in [-0.4, -0.2) is 37.0 Å². The highest BCUT2D eigenvalue weighted by Gasteiger charge is 2.40. The van der Waals surface area contributed by atoms with Gasteiger partial charge in [-0.3, -0.25) is 9.79 Å². The summed E-state index contributed by atoms with van der Waals surface area (Å²) < 4.78 is 5.39. The zero-order chi connectivity index (χ0) is 17.1. The van der Waals surface area contributed by atoms with Crippen LogP contribution in [0.2, 0.25) is 0 Å².